The third-order valence-corrected chi connectivity index (χ3v) is 3.90. The molecule has 0 atom stereocenters. The van der Waals surface area contributed by atoms with Gasteiger partial charge in [0.15, 0.2) is 0 Å². The summed E-state index contributed by atoms with van der Waals surface area (Å²) in [6.07, 6.45) is 4.36. The molecular formula is C16H19N5. The average Bonchev–Trinajstić information content (AvgIpc) is 2.80. The topological polar surface area (TPSA) is 66.5 Å². The zero-order valence-electron chi connectivity index (χ0n) is 12.8. The van der Waals surface area contributed by atoms with Crippen molar-refractivity contribution in [2.75, 3.05) is 5.32 Å². The Morgan fingerprint density at radius 1 is 1.14 bits per heavy atom. The normalized spacial score (nSPS) is 11.0. The van der Waals surface area contributed by atoms with E-state index in [1.807, 2.05) is 13.1 Å². The molecule has 0 unspecified atom stereocenters. The first-order valence-electron chi connectivity index (χ1n) is 7.12. The van der Waals surface area contributed by atoms with Crippen molar-refractivity contribution in [3.05, 3.63) is 41.1 Å². The number of nitrogens with zero attached hydrogens (tertiary/aromatic N) is 3. The molecule has 0 saturated carbocycles. The third-order valence-electron chi connectivity index (χ3n) is 3.90. The Balaban J connectivity index is 2.07. The highest BCUT2D eigenvalue weighted by molar-refractivity contribution is 5.92. The van der Waals surface area contributed by atoms with Gasteiger partial charge in [-0.05, 0) is 44.4 Å². The highest BCUT2D eigenvalue weighted by atomic mass is 15.0. The van der Waals surface area contributed by atoms with Gasteiger partial charge in [-0.2, -0.15) is 0 Å². The lowest BCUT2D eigenvalue weighted by Gasteiger charge is -2.08. The molecule has 0 radical (unpaired) electrons. The van der Waals surface area contributed by atoms with E-state index in [4.69, 9.17) is 0 Å². The fourth-order valence-corrected chi connectivity index (χ4v) is 2.52. The average molecular weight is 281 g/mol. The number of aromatic amines is 1. The Hall–Kier alpha value is -2.43. The van der Waals surface area contributed by atoms with E-state index in [1.54, 1.807) is 6.33 Å². The van der Waals surface area contributed by atoms with Crippen molar-refractivity contribution >= 4 is 22.5 Å². The molecule has 0 saturated heterocycles. The van der Waals surface area contributed by atoms with Crippen molar-refractivity contribution in [3.63, 3.8) is 0 Å². The number of aryl methyl sites for hydroxylation is 4. The summed E-state index contributed by atoms with van der Waals surface area (Å²) in [6, 6.07) is 2.08. The molecule has 0 aliphatic rings. The van der Waals surface area contributed by atoms with E-state index in [9.17, 15) is 0 Å². The molecule has 3 rings (SSSR count). The molecule has 0 fully saturated rings. The molecule has 3 heterocycles. The van der Waals surface area contributed by atoms with Crippen molar-refractivity contribution in [1.82, 2.24) is 19.9 Å². The number of H-pyrrole nitrogens is 1. The highest BCUT2D eigenvalue weighted by Gasteiger charge is 2.12. The number of hydrogen-bond acceptors (Lipinski definition) is 4. The van der Waals surface area contributed by atoms with Gasteiger partial charge in [0.1, 0.15) is 17.8 Å². The number of rotatable bonds is 3. The molecule has 3 aromatic rings. The minimum Gasteiger partial charge on any atom is -0.343 e. The standard InChI is InChI=1S/C16H19N5/c1-5-13-10(3)14-15(18-8-19-16(14)21-13)20-12-6-9(2)11(4)17-7-12/h6-8H,5H2,1-4H3,(H2,18,19,20,21). The summed E-state index contributed by atoms with van der Waals surface area (Å²) in [7, 11) is 0. The SMILES string of the molecule is CCc1[nH]c2ncnc(Nc3cnc(C)c(C)c3)c2c1C. The predicted molar refractivity (Wildman–Crippen MR) is 85.0 cm³/mol. The van der Waals surface area contributed by atoms with Crippen LogP contribution in [0.2, 0.25) is 0 Å². The van der Waals surface area contributed by atoms with Crippen LogP contribution in [0.5, 0.6) is 0 Å². The van der Waals surface area contributed by atoms with E-state index >= 15 is 0 Å². The third kappa shape index (κ3) is 2.35. The quantitative estimate of drug-likeness (QED) is 0.770. The monoisotopic (exact) mass is 281 g/mol. The van der Waals surface area contributed by atoms with Gasteiger partial charge >= 0.3 is 0 Å². The predicted octanol–water partition coefficient (Wildman–Crippen LogP) is 3.58. The number of fused-ring (bicyclic) bond motifs is 1. The van der Waals surface area contributed by atoms with Crippen LogP contribution in [0.4, 0.5) is 11.5 Å². The van der Waals surface area contributed by atoms with Crippen molar-refractivity contribution in [1.29, 1.82) is 0 Å². The van der Waals surface area contributed by atoms with E-state index in [0.29, 0.717) is 0 Å². The largest absolute Gasteiger partial charge is 0.343 e. The second-order valence-electron chi connectivity index (χ2n) is 5.28. The van der Waals surface area contributed by atoms with Gasteiger partial charge in [0.25, 0.3) is 0 Å². The van der Waals surface area contributed by atoms with E-state index in [0.717, 1.165) is 40.2 Å². The van der Waals surface area contributed by atoms with Crippen molar-refractivity contribution in [2.45, 2.75) is 34.1 Å². The minimum absolute atomic E-state index is 0.818. The van der Waals surface area contributed by atoms with Gasteiger partial charge in [0.2, 0.25) is 0 Å². The van der Waals surface area contributed by atoms with Crippen LogP contribution in [0.3, 0.4) is 0 Å². The molecule has 108 valence electrons. The lowest BCUT2D eigenvalue weighted by molar-refractivity contribution is 1.05. The van der Waals surface area contributed by atoms with Crippen LogP contribution >= 0.6 is 0 Å². The Labute approximate surface area is 123 Å². The van der Waals surface area contributed by atoms with Crippen LogP contribution in [0.15, 0.2) is 18.6 Å². The van der Waals surface area contributed by atoms with Gasteiger partial charge in [0, 0.05) is 11.4 Å². The van der Waals surface area contributed by atoms with E-state index in [1.165, 1.54) is 11.3 Å². The molecule has 5 heteroatoms. The summed E-state index contributed by atoms with van der Waals surface area (Å²) < 4.78 is 0. The second-order valence-corrected chi connectivity index (χ2v) is 5.28. The first-order valence-corrected chi connectivity index (χ1v) is 7.12. The Kier molecular flexibility index (Phi) is 3.33. The Morgan fingerprint density at radius 2 is 1.95 bits per heavy atom. The lowest BCUT2D eigenvalue weighted by Crippen LogP contribution is -1.98. The minimum atomic E-state index is 0.818. The maximum atomic E-state index is 4.39. The molecule has 0 aromatic carbocycles. The van der Waals surface area contributed by atoms with Crippen molar-refractivity contribution < 1.29 is 0 Å². The molecule has 0 amide bonds. The molecule has 0 aliphatic heterocycles. The van der Waals surface area contributed by atoms with Crippen LogP contribution in [-0.4, -0.2) is 19.9 Å². The molecule has 3 aromatic heterocycles. The van der Waals surface area contributed by atoms with Gasteiger partial charge in [-0.1, -0.05) is 6.92 Å². The number of nitrogens with one attached hydrogen (secondary N) is 2. The maximum absolute atomic E-state index is 4.39. The summed E-state index contributed by atoms with van der Waals surface area (Å²) in [5.41, 5.74) is 6.42. The summed E-state index contributed by atoms with van der Waals surface area (Å²) >= 11 is 0. The summed E-state index contributed by atoms with van der Waals surface area (Å²) in [4.78, 5) is 16.5. The Morgan fingerprint density at radius 3 is 2.67 bits per heavy atom. The van der Waals surface area contributed by atoms with Gasteiger partial charge in [-0.3, -0.25) is 4.98 Å². The zero-order valence-corrected chi connectivity index (χ0v) is 12.8. The first kappa shape index (κ1) is 13.5. The second kappa shape index (κ2) is 5.16. The zero-order chi connectivity index (χ0) is 15.0. The number of aromatic nitrogens is 4. The molecule has 2 N–H and O–H groups in total. The number of hydrogen-bond donors (Lipinski definition) is 2. The molecule has 0 bridgehead atoms. The summed E-state index contributed by atoms with van der Waals surface area (Å²) in [6.45, 7) is 8.29. The van der Waals surface area contributed by atoms with Crippen LogP contribution in [0, 0.1) is 20.8 Å². The van der Waals surface area contributed by atoms with Gasteiger partial charge < -0.3 is 10.3 Å². The van der Waals surface area contributed by atoms with E-state index < -0.39 is 0 Å². The smallest absolute Gasteiger partial charge is 0.143 e. The molecule has 5 nitrogen and oxygen atoms in total. The fraction of sp³-hybridized carbons (Fsp3) is 0.312. The Bertz CT molecular complexity index is 804. The molecule has 0 aliphatic carbocycles. The van der Waals surface area contributed by atoms with Gasteiger partial charge in [-0.25, -0.2) is 9.97 Å². The van der Waals surface area contributed by atoms with Crippen molar-refractivity contribution in [2.24, 2.45) is 0 Å². The van der Waals surface area contributed by atoms with Crippen LogP contribution in [-0.2, 0) is 6.42 Å². The van der Waals surface area contributed by atoms with E-state index in [2.05, 4.69) is 52.1 Å². The van der Waals surface area contributed by atoms with Crippen LogP contribution < -0.4 is 5.32 Å². The maximum Gasteiger partial charge on any atom is 0.143 e. The highest BCUT2D eigenvalue weighted by Crippen LogP contribution is 2.28. The molecular weight excluding hydrogens is 262 g/mol. The number of anilines is 2. The van der Waals surface area contributed by atoms with Crippen molar-refractivity contribution in [3.8, 4) is 0 Å². The lowest BCUT2D eigenvalue weighted by atomic mass is 10.1. The summed E-state index contributed by atoms with van der Waals surface area (Å²) in [5.74, 6) is 0.818. The van der Waals surface area contributed by atoms with Gasteiger partial charge in [0.05, 0.1) is 17.3 Å². The van der Waals surface area contributed by atoms with Crippen LogP contribution in [0.1, 0.15) is 29.4 Å². The van der Waals surface area contributed by atoms with Crippen LogP contribution in [0.25, 0.3) is 11.0 Å². The van der Waals surface area contributed by atoms with E-state index in [-0.39, 0.29) is 0 Å². The fourth-order valence-electron chi connectivity index (χ4n) is 2.52. The molecule has 21 heavy (non-hydrogen) atoms. The first-order chi connectivity index (χ1) is 10.1. The number of pyridine rings is 1. The van der Waals surface area contributed by atoms with Gasteiger partial charge in [-0.15, -0.1) is 0 Å². The molecule has 0 spiro atoms. The summed E-state index contributed by atoms with van der Waals surface area (Å²) in [5, 5.41) is 4.41.